The number of nitrogens with two attached hydrogens (primary N) is 1. The van der Waals surface area contributed by atoms with Crippen molar-refractivity contribution in [3.8, 4) is 23.1 Å². The van der Waals surface area contributed by atoms with Gasteiger partial charge in [0.1, 0.15) is 17.5 Å². The quantitative estimate of drug-likeness (QED) is 0.326. The number of methoxy groups -OCH3 is 1. The van der Waals surface area contributed by atoms with Crippen molar-refractivity contribution in [2.45, 2.75) is 6.54 Å². The first-order chi connectivity index (χ1) is 19.6. The molecule has 1 saturated heterocycles. The van der Waals surface area contributed by atoms with Gasteiger partial charge in [-0.25, -0.2) is 14.5 Å². The Hall–Kier alpha value is -4.95. The van der Waals surface area contributed by atoms with Gasteiger partial charge in [0.2, 0.25) is 5.88 Å². The molecule has 1 aliphatic heterocycles. The zero-order valence-electron chi connectivity index (χ0n) is 22.9. The summed E-state index contributed by atoms with van der Waals surface area (Å²) in [6, 6.07) is 12.3. The number of hydrogen-bond donors (Lipinski definition) is 2. The summed E-state index contributed by atoms with van der Waals surface area (Å²) in [6.45, 7) is 4.47. The minimum absolute atomic E-state index is 0.471. The highest BCUT2D eigenvalue weighted by Gasteiger charge is 2.21. The number of nitriles is 1. The van der Waals surface area contributed by atoms with Gasteiger partial charge in [0.15, 0.2) is 5.82 Å². The number of nitrogens with one attached hydrogen (secondary N) is 1. The van der Waals surface area contributed by atoms with Crippen LogP contribution in [0, 0.1) is 11.3 Å². The molecule has 0 unspecified atom stereocenters. The number of pyridine rings is 3. The molecule has 1 aliphatic rings. The number of nitrogens with zero attached hydrogens (tertiary/aromatic N) is 8. The van der Waals surface area contributed by atoms with E-state index in [9.17, 15) is 5.26 Å². The number of hydrogen-bond acceptors (Lipinski definition) is 10. The van der Waals surface area contributed by atoms with E-state index < -0.39 is 0 Å². The summed E-state index contributed by atoms with van der Waals surface area (Å²) in [5.74, 6) is 2.06. The number of fused-ring (bicyclic) bond motifs is 1. The summed E-state index contributed by atoms with van der Waals surface area (Å²) in [7, 11) is 5.07. The van der Waals surface area contributed by atoms with Crippen LogP contribution in [0.15, 0.2) is 60.1 Å². The molecule has 40 heavy (non-hydrogen) atoms. The number of allylic oxidation sites excluding steroid dienone is 1. The molecule has 11 nitrogen and oxygen atoms in total. The lowest BCUT2D eigenvalue weighted by Crippen LogP contribution is -2.46. The summed E-state index contributed by atoms with van der Waals surface area (Å²) < 4.78 is 6.87. The second-order valence-corrected chi connectivity index (χ2v) is 9.41. The molecular weight excluding hydrogens is 504 g/mol. The zero-order valence-corrected chi connectivity index (χ0v) is 22.9. The van der Waals surface area contributed by atoms with Gasteiger partial charge in [-0.2, -0.15) is 5.26 Å². The third-order valence-electron chi connectivity index (χ3n) is 7.02. The van der Waals surface area contributed by atoms with Crippen molar-refractivity contribution in [3.63, 3.8) is 0 Å². The Balaban J connectivity index is 1.38. The van der Waals surface area contributed by atoms with E-state index in [1.54, 1.807) is 31.9 Å². The molecule has 0 spiro atoms. The van der Waals surface area contributed by atoms with Crippen LogP contribution in [0.3, 0.4) is 0 Å². The van der Waals surface area contributed by atoms with Crippen LogP contribution in [0.2, 0.25) is 0 Å². The van der Waals surface area contributed by atoms with Crippen LogP contribution in [0.25, 0.3) is 22.2 Å². The summed E-state index contributed by atoms with van der Waals surface area (Å²) >= 11 is 0. The summed E-state index contributed by atoms with van der Waals surface area (Å²) in [5.41, 5.74) is 11.5. The summed E-state index contributed by atoms with van der Waals surface area (Å²) in [4.78, 5) is 18.0. The molecule has 0 aromatic carbocycles. The molecule has 4 aromatic rings. The van der Waals surface area contributed by atoms with E-state index in [0.717, 1.165) is 60.8 Å². The van der Waals surface area contributed by atoms with Crippen molar-refractivity contribution in [2.24, 2.45) is 10.7 Å². The third kappa shape index (κ3) is 5.30. The normalized spacial score (nSPS) is 14.6. The van der Waals surface area contributed by atoms with Crippen molar-refractivity contribution in [1.29, 1.82) is 5.26 Å². The standard InChI is InChI=1S/C29H32N10O/c1-32-16-23(13-30)22-12-24(28-25(14-31)29(33-2)36-39(28)19-22)21-5-6-26(34-17-21)38-10-8-37(9-11-38)18-20-4-7-27(40-3)35-15-20/h4-7,12-13,15-17,19H,8-11,18,30H2,1-3H3,(H,33,36). The first kappa shape index (κ1) is 26.6. The van der Waals surface area contributed by atoms with Crippen LogP contribution >= 0.6 is 0 Å². The molecule has 5 rings (SSSR count). The molecule has 3 N–H and O–H groups in total. The lowest BCUT2D eigenvalue weighted by atomic mass is 10.0. The Labute approximate surface area is 233 Å². The maximum Gasteiger partial charge on any atom is 0.212 e. The van der Waals surface area contributed by atoms with Gasteiger partial charge in [0.25, 0.3) is 0 Å². The van der Waals surface area contributed by atoms with Gasteiger partial charge in [0, 0.05) is 106 Å². The van der Waals surface area contributed by atoms with Gasteiger partial charge in [0.05, 0.1) is 12.6 Å². The maximum absolute atomic E-state index is 9.94. The number of anilines is 2. The van der Waals surface area contributed by atoms with Crippen molar-refractivity contribution >= 4 is 28.9 Å². The molecule has 4 aromatic heterocycles. The number of rotatable bonds is 8. The summed E-state index contributed by atoms with van der Waals surface area (Å²) in [6.07, 6.45) is 8.79. The van der Waals surface area contributed by atoms with E-state index in [1.807, 2.05) is 42.9 Å². The van der Waals surface area contributed by atoms with Gasteiger partial charge in [-0.3, -0.25) is 9.89 Å². The smallest absolute Gasteiger partial charge is 0.212 e. The van der Waals surface area contributed by atoms with E-state index >= 15 is 0 Å². The van der Waals surface area contributed by atoms with Gasteiger partial charge in [-0.05, 0) is 23.8 Å². The van der Waals surface area contributed by atoms with Crippen LogP contribution in [0.5, 0.6) is 5.88 Å². The van der Waals surface area contributed by atoms with Gasteiger partial charge >= 0.3 is 0 Å². The fraction of sp³-hybridized carbons (Fsp3) is 0.276. The number of aromatic nitrogens is 4. The van der Waals surface area contributed by atoms with E-state index in [0.29, 0.717) is 22.8 Å². The Morgan fingerprint density at radius 3 is 2.60 bits per heavy atom. The van der Waals surface area contributed by atoms with E-state index in [4.69, 9.17) is 15.5 Å². The van der Waals surface area contributed by atoms with E-state index in [1.165, 1.54) is 11.8 Å². The monoisotopic (exact) mass is 536 g/mol. The molecule has 0 atom stereocenters. The zero-order chi connectivity index (χ0) is 28.1. The molecule has 0 bridgehead atoms. The van der Waals surface area contributed by atoms with Gasteiger partial charge in [-0.15, -0.1) is 5.10 Å². The third-order valence-corrected chi connectivity index (χ3v) is 7.02. The Morgan fingerprint density at radius 1 is 1.18 bits per heavy atom. The van der Waals surface area contributed by atoms with Crippen LogP contribution < -0.4 is 20.7 Å². The Bertz CT molecular complexity index is 1570. The first-order valence-corrected chi connectivity index (χ1v) is 13.0. The minimum atomic E-state index is 0.471. The number of aliphatic imine (C=N–C) groups is 1. The Kier molecular flexibility index (Phi) is 7.89. The van der Waals surface area contributed by atoms with Crippen molar-refractivity contribution in [1.82, 2.24) is 24.5 Å². The van der Waals surface area contributed by atoms with Gasteiger partial charge < -0.3 is 20.7 Å². The fourth-order valence-electron chi connectivity index (χ4n) is 4.94. The molecule has 11 heteroatoms. The van der Waals surface area contributed by atoms with E-state index in [2.05, 4.69) is 42.3 Å². The van der Waals surface area contributed by atoms with Gasteiger partial charge in [-0.1, -0.05) is 6.07 Å². The average molecular weight is 537 g/mol. The van der Waals surface area contributed by atoms with Crippen molar-refractivity contribution in [3.05, 3.63) is 71.8 Å². The number of ether oxygens (including phenoxy) is 1. The molecule has 5 heterocycles. The lowest BCUT2D eigenvalue weighted by Gasteiger charge is -2.35. The van der Waals surface area contributed by atoms with Crippen LogP contribution in [0.1, 0.15) is 16.7 Å². The predicted octanol–water partition coefficient (Wildman–Crippen LogP) is 3.04. The highest BCUT2D eigenvalue weighted by Crippen LogP contribution is 2.33. The van der Waals surface area contributed by atoms with Crippen LogP contribution in [-0.4, -0.2) is 78.1 Å². The second kappa shape index (κ2) is 11.8. The van der Waals surface area contributed by atoms with E-state index in [-0.39, 0.29) is 0 Å². The summed E-state index contributed by atoms with van der Waals surface area (Å²) in [5, 5.41) is 17.6. The fourth-order valence-corrected chi connectivity index (χ4v) is 4.94. The lowest BCUT2D eigenvalue weighted by molar-refractivity contribution is 0.249. The first-order valence-electron chi connectivity index (χ1n) is 13.0. The molecule has 0 radical (unpaired) electrons. The molecule has 0 amide bonds. The molecule has 0 saturated carbocycles. The number of piperazine rings is 1. The Morgan fingerprint density at radius 2 is 2.00 bits per heavy atom. The molecule has 204 valence electrons. The van der Waals surface area contributed by atoms with Crippen molar-refractivity contribution in [2.75, 3.05) is 57.6 Å². The second-order valence-electron chi connectivity index (χ2n) is 9.41. The highest BCUT2D eigenvalue weighted by molar-refractivity contribution is 6.10. The minimum Gasteiger partial charge on any atom is -0.481 e. The maximum atomic E-state index is 9.94. The topological polar surface area (TPSA) is 133 Å². The molecule has 0 aliphatic carbocycles. The molecular formula is C29H32N10O. The predicted molar refractivity (Wildman–Crippen MR) is 158 cm³/mol. The van der Waals surface area contributed by atoms with Crippen LogP contribution in [-0.2, 0) is 6.54 Å². The highest BCUT2D eigenvalue weighted by atomic mass is 16.5. The van der Waals surface area contributed by atoms with Crippen molar-refractivity contribution < 1.29 is 4.74 Å². The SMILES string of the molecule is CN=CC(=CN)c1cc(-c2ccc(N3CCN(Cc4ccc(OC)nc4)CC3)nc2)c2c(C#N)c(NC)nn2c1. The van der Waals surface area contributed by atoms with Crippen LogP contribution in [0.4, 0.5) is 11.6 Å². The largest absolute Gasteiger partial charge is 0.481 e. The average Bonchev–Trinajstić information content (AvgIpc) is 3.38. The molecule has 1 fully saturated rings.